The van der Waals surface area contributed by atoms with Gasteiger partial charge in [-0.2, -0.15) is 0 Å². The largest absolute Gasteiger partial charge is 0.507 e. The van der Waals surface area contributed by atoms with Crippen molar-refractivity contribution in [1.29, 1.82) is 0 Å². The molecule has 176 valence electrons. The van der Waals surface area contributed by atoms with Crippen LogP contribution in [0.3, 0.4) is 0 Å². The zero-order valence-electron chi connectivity index (χ0n) is 16.7. The molecule has 2 aromatic carbocycles. The van der Waals surface area contributed by atoms with Gasteiger partial charge in [-0.3, -0.25) is 4.79 Å². The average molecular weight is 464 g/mol. The van der Waals surface area contributed by atoms with Crippen LogP contribution < -0.4 is 5.43 Å². The Kier molecular flexibility index (Phi) is 5.56. The molecular formula is C21H20O12. The standard InChI is InChI=1S/C21H20O12/c22-5-11-14(26)17(29)19(31)21(33-11)12-9(25)4-10-13(15(12)27)16(28)18(30)20(32-10)6-1-2-7(23)8(24)3-6/h1-4,11,14,17,19,21-27,29-31H,5H2/t11?,14-,17+,19?,21+/m1/s1. The van der Waals surface area contributed by atoms with E-state index in [1.54, 1.807) is 0 Å². The van der Waals surface area contributed by atoms with Crippen molar-refractivity contribution in [3.8, 4) is 40.1 Å². The van der Waals surface area contributed by atoms with Crippen molar-refractivity contribution < 1.29 is 55.1 Å². The van der Waals surface area contributed by atoms with E-state index in [-0.39, 0.29) is 11.1 Å². The molecule has 0 bridgehead atoms. The minimum atomic E-state index is -1.86. The van der Waals surface area contributed by atoms with Crippen molar-refractivity contribution >= 4 is 11.0 Å². The summed E-state index contributed by atoms with van der Waals surface area (Å²) in [6.07, 6.45) is -8.39. The Morgan fingerprint density at radius 1 is 0.818 bits per heavy atom. The van der Waals surface area contributed by atoms with Crippen molar-refractivity contribution in [2.75, 3.05) is 6.61 Å². The van der Waals surface area contributed by atoms with E-state index in [9.17, 15) is 50.8 Å². The molecule has 0 radical (unpaired) electrons. The molecule has 0 spiro atoms. The first-order chi connectivity index (χ1) is 15.6. The molecule has 1 fully saturated rings. The SMILES string of the molecule is O=c1c(O)c(-c2ccc(O)c(O)c2)oc2cc(O)c([C@@H]3OC(CO)[C@@H](O)[C@H](O)C3O)c(O)c12. The van der Waals surface area contributed by atoms with E-state index in [1.807, 2.05) is 0 Å². The molecule has 2 heterocycles. The van der Waals surface area contributed by atoms with Gasteiger partial charge in [0.25, 0.3) is 0 Å². The van der Waals surface area contributed by atoms with Crippen LogP contribution in [0.5, 0.6) is 28.7 Å². The first-order valence-corrected chi connectivity index (χ1v) is 9.64. The van der Waals surface area contributed by atoms with E-state index in [4.69, 9.17) is 9.15 Å². The van der Waals surface area contributed by atoms with E-state index in [2.05, 4.69) is 0 Å². The number of phenols is 4. The number of aliphatic hydroxyl groups excluding tert-OH is 4. The highest BCUT2D eigenvalue weighted by atomic mass is 16.5. The van der Waals surface area contributed by atoms with Crippen LogP contribution in [0.4, 0.5) is 0 Å². The minimum Gasteiger partial charge on any atom is -0.507 e. The third-order valence-electron chi connectivity index (χ3n) is 5.57. The van der Waals surface area contributed by atoms with Gasteiger partial charge in [0.2, 0.25) is 11.2 Å². The molecule has 3 aromatic rings. The first kappa shape index (κ1) is 22.6. The van der Waals surface area contributed by atoms with Gasteiger partial charge >= 0.3 is 0 Å². The third-order valence-corrected chi connectivity index (χ3v) is 5.57. The third kappa shape index (κ3) is 3.50. The lowest BCUT2D eigenvalue weighted by Gasteiger charge is -2.40. The van der Waals surface area contributed by atoms with Gasteiger partial charge in [0.1, 0.15) is 53.0 Å². The predicted molar refractivity (Wildman–Crippen MR) is 109 cm³/mol. The molecule has 5 atom stereocenters. The number of aromatic hydroxyl groups is 5. The Morgan fingerprint density at radius 2 is 1.52 bits per heavy atom. The minimum absolute atomic E-state index is 0.00112. The predicted octanol–water partition coefficient (Wildman–Crippen LogP) is -0.497. The van der Waals surface area contributed by atoms with Gasteiger partial charge in [-0.1, -0.05) is 0 Å². The number of phenolic OH excluding ortho intramolecular Hbond substituents is 4. The molecule has 12 nitrogen and oxygen atoms in total. The zero-order valence-corrected chi connectivity index (χ0v) is 16.7. The van der Waals surface area contributed by atoms with Gasteiger partial charge in [-0.25, -0.2) is 0 Å². The summed E-state index contributed by atoms with van der Waals surface area (Å²) >= 11 is 0. The summed E-state index contributed by atoms with van der Waals surface area (Å²) in [7, 11) is 0. The Balaban J connectivity index is 1.91. The number of fused-ring (bicyclic) bond motifs is 1. The van der Waals surface area contributed by atoms with Gasteiger partial charge in [-0.15, -0.1) is 0 Å². The Bertz CT molecular complexity index is 1280. The molecule has 0 aliphatic carbocycles. The lowest BCUT2D eigenvalue weighted by molar-refractivity contribution is -0.232. The van der Waals surface area contributed by atoms with Crippen LogP contribution in [0.25, 0.3) is 22.3 Å². The molecule has 2 unspecified atom stereocenters. The number of hydrogen-bond donors (Lipinski definition) is 9. The summed E-state index contributed by atoms with van der Waals surface area (Å²) in [5, 5.41) is 89.9. The molecular weight excluding hydrogens is 444 g/mol. The van der Waals surface area contributed by atoms with E-state index in [0.29, 0.717) is 0 Å². The maximum atomic E-state index is 12.9. The monoisotopic (exact) mass is 464 g/mol. The molecule has 12 heteroatoms. The van der Waals surface area contributed by atoms with Crippen molar-refractivity contribution in [2.24, 2.45) is 0 Å². The number of rotatable bonds is 3. The van der Waals surface area contributed by atoms with Crippen molar-refractivity contribution in [3.63, 3.8) is 0 Å². The van der Waals surface area contributed by atoms with Gasteiger partial charge < -0.3 is 55.1 Å². The molecule has 1 aliphatic heterocycles. The first-order valence-electron chi connectivity index (χ1n) is 9.64. The summed E-state index contributed by atoms with van der Waals surface area (Å²) in [6.45, 7) is -0.762. The van der Waals surface area contributed by atoms with Crippen LogP contribution >= 0.6 is 0 Å². The van der Waals surface area contributed by atoms with Crippen LogP contribution in [-0.2, 0) is 4.74 Å². The van der Waals surface area contributed by atoms with E-state index < -0.39 is 88.0 Å². The zero-order chi connectivity index (χ0) is 24.2. The summed E-state index contributed by atoms with van der Waals surface area (Å²) < 4.78 is 10.8. The van der Waals surface area contributed by atoms with Gasteiger partial charge in [-0.05, 0) is 18.2 Å². The fraction of sp³-hybridized carbons (Fsp3) is 0.286. The van der Waals surface area contributed by atoms with Crippen molar-refractivity contribution in [3.05, 3.63) is 40.1 Å². The Labute approximate surface area is 184 Å². The molecule has 1 saturated heterocycles. The number of hydrogen-bond acceptors (Lipinski definition) is 12. The maximum Gasteiger partial charge on any atom is 0.238 e. The fourth-order valence-corrected chi connectivity index (χ4v) is 3.81. The van der Waals surface area contributed by atoms with E-state index in [0.717, 1.165) is 18.2 Å². The van der Waals surface area contributed by atoms with Crippen LogP contribution in [0.2, 0.25) is 0 Å². The molecule has 0 saturated carbocycles. The quantitative estimate of drug-likeness (QED) is 0.224. The van der Waals surface area contributed by atoms with Gasteiger partial charge in [0, 0.05) is 11.6 Å². The number of benzene rings is 2. The van der Waals surface area contributed by atoms with E-state index >= 15 is 0 Å². The van der Waals surface area contributed by atoms with Crippen molar-refractivity contribution in [1.82, 2.24) is 0 Å². The summed E-state index contributed by atoms with van der Waals surface area (Å²) in [5.74, 6) is -4.06. The summed E-state index contributed by atoms with van der Waals surface area (Å²) in [6, 6.07) is 4.24. The molecule has 33 heavy (non-hydrogen) atoms. The van der Waals surface area contributed by atoms with Crippen LogP contribution in [0, 0.1) is 0 Å². The second-order valence-electron chi connectivity index (χ2n) is 7.59. The lowest BCUT2D eigenvalue weighted by atomic mass is 9.89. The second kappa shape index (κ2) is 8.10. The smallest absolute Gasteiger partial charge is 0.238 e. The summed E-state index contributed by atoms with van der Waals surface area (Å²) in [4.78, 5) is 12.9. The normalized spacial score (nSPS) is 25.4. The maximum absolute atomic E-state index is 12.9. The number of aliphatic hydroxyl groups is 4. The molecule has 1 aromatic heterocycles. The topological polar surface area (TPSA) is 222 Å². The average Bonchev–Trinajstić information content (AvgIpc) is 2.77. The lowest BCUT2D eigenvalue weighted by Crippen LogP contribution is -2.55. The Hall–Kier alpha value is -3.55. The molecule has 9 N–H and O–H groups in total. The highest BCUT2D eigenvalue weighted by Crippen LogP contribution is 2.45. The van der Waals surface area contributed by atoms with Crippen LogP contribution in [-0.4, -0.2) is 77.0 Å². The van der Waals surface area contributed by atoms with Gasteiger partial charge in [0.15, 0.2) is 17.3 Å². The van der Waals surface area contributed by atoms with Crippen LogP contribution in [0.15, 0.2) is 33.5 Å². The van der Waals surface area contributed by atoms with E-state index in [1.165, 1.54) is 6.07 Å². The molecule has 1 aliphatic rings. The Morgan fingerprint density at radius 3 is 2.15 bits per heavy atom. The van der Waals surface area contributed by atoms with Gasteiger partial charge in [0.05, 0.1) is 12.2 Å². The van der Waals surface area contributed by atoms with Crippen LogP contribution in [0.1, 0.15) is 11.7 Å². The highest BCUT2D eigenvalue weighted by Gasteiger charge is 2.46. The fourth-order valence-electron chi connectivity index (χ4n) is 3.81. The molecule has 4 rings (SSSR count). The van der Waals surface area contributed by atoms with Crippen molar-refractivity contribution in [2.45, 2.75) is 30.5 Å². The highest BCUT2D eigenvalue weighted by molar-refractivity contribution is 5.90. The second-order valence-corrected chi connectivity index (χ2v) is 7.59. The molecule has 0 amide bonds. The number of ether oxygens (including phenoxy) is 1. The summed E-state index contributed by atoms with van der Waals surface area (Å²) in [5.41, 5.74) is -2.06.